The summed E-state index contributed by atoms with van der Waals surface area (Å²) in [7, 11) is 1.95. The van der Waals surface area contributed by atoms with Crippen molar-refractivity contribution in [3.63, 3.8) is 0 Å². The first-order valence-corrected chi connectivity index (χ1v) is 21.7. The number of aliphatic hydroxyl groups is 4. The first-order chi connectivity index (χ1) is 30.6. The summed E-state index contributed by atoms with van der Waals surface area (Å²) in [4.78, 5) is 22.8. The molecule has 2 fully saturated rings. The van der Waals surface area contributed by atoms with E-state index in [1.807, 2.05) is 76.9 Å². The van der Waals surface area contributed by atoms with Gasteiger partial charge in [-0.25, -0.2) is 24.9 Å². The first kappa shape index (κ1) is 40.1. The Labute approximate surface area is 363 Å². The SMILES string of the molecule is Cc1cc2c(c(O[C@H]3C[C@@H](n4ccc5c(CN6[N-]C=C(c7cc8c(c(O[C@H]9C[C@@H](n%10ccc%11c(C)ncnc%11%10)[C@H](O)[C@@H]9O)c7)CNCC8)N6C)ncnc54)[C@H](O)[C@@H]3O)n1)CNCC2. The summed E-state index contributed by atoms with van der Waals surface area (Å²) in [5.74, 6) is 1.17. The zero-order chi connectivity index (χ0) is 43.1. The van der Waals surface area contributed by atoms with E-state index in [1.54, 1.807) is 0 Å². The molecule has 18 heteroatoms. The quantitative estimate of drug-likeness (QED) is 0.123. The molecule has 18 nitrogen and oxygen atoms in total. The average molecular weight is 856 g/mol. The summed E-state index contributed by atoms with van der Waals surface area (Å²) < 4.78 is 16.9. The Hall–Kier alpha value is -5.73. The second-order valence-electron chi connectivity index (χ2n) is 17.4. The van der Waals surface area contributed by atoms with Crippen molar-refractivity contribution in [3.8, 4) is 11.6 Å². The molecular weight excluding hydrogens is 805 g/mol. The number of aromatic nitrogens is 7. The van der Waals surface area contributed by atoms with Gasteiger partial charge in [-0.2, -0.15) is 0 Å². The number of rotatable bonds is 9. The highest BCUT2D eigenvalue weighted by atomic mass is 16.5. The Balaban J connectivity index is 0.807. The molecule has 5 aromatic heterocycles. The summed E-state index contributed by atoms with van der Waals surface area (Å²) in [5, 5.41) is 57.7. The van der Waals surface area contributed by atoms with Crippen LogP contribution < -0.4 is 20.1 Å². The molecule has 2 aliphatic carbocycles. The minimum atomic E-state index is -1.12. The minimum Gasteiger partial charge on any atom is -0.605 e. The number of pyridine rings is 1. The maximum absolute atomic E-state index is 11.4. The number of aryl methyl sites for hydroxylation is 2. The molecule has 0 spiro atoms. The zero-order valence-electron chi connectivity index (χ0n) is 35.3. The summed E-state index contributed by atoms with van der Waals surface area (Å²) >= 11 is 0. The van der Waals surface area contributed by atoms with Crippen molar-refractivity contribution in [2.45, 2.75) is 108 Å². The van der Waals surface area contributed by atoms with Gasteiger partial charge in [-0.1, -0.05) is 0 Å². The molecule has 2 saturated carbocycles. The van der Waals surface area contributed by atoms with E-state index in [2.05, 4.69) is 47.7 Å². The molecule has 6 aromatic rings. The highest BCUT2D eigenvalue weighted by Crippen LogP contribution is 2.41. The molecule has 5 aliphatic rings. The molecular formula is C45H51N12O6-. The molecule has 6 N–H and O–H groups in total. The Bertz CT molecular complexity index is 2760. The predicted octanol–water partition coefficient (Wildman–Crippen LogP) is 2.66. The van der Waals surface area contributed by atoms with E-state index in [1.165, 1.54) is 18.2 Å². The molecule has 3 aliphatic heterocycles. The first-order valence-electron chi connectivity index (χ1n) is 21.7. The fourth-order valence-corrected chi connectivity index (χ4v) is 10.3. The molecule has 0 radical (unpaired) electrons. The van der Waals surface area contributed by atoms with Crippen LogP contribution in [0.3, 0.4) is 0 Å². The molecule has 63 heavy (non-hydrogen) atoms. The maximum Gasteiger partial charge on any atom is 0.218 e. The number of hydrazine groups is 1. The van der Waals surface area contributed by atoms with Crippen molar-refractivity contribution >= 4 is 27.8 Å². The van der Waals surface area contributed by atoms with E-state index in [9.17, 15) is 20.4 Å². The van der Waals surface area contributed by atoms with Gasteiger partial charge in [-0.3, -0.25) is 5.12 Å². The standard InChI is InChI=1S/C45H51N12O6/c1-23-12-25-4-8-47-18-31(25)45(53-23)63-38-16-34(40(59)42(38)61)56-11-7-29-32(49-22-51-44(29)56)20-57-52-19-35(54(57)3)27-13-26-5-9-46-17-30(26)36(14-27)62-37-15-33(39(58)41(37)60)55-10-6-28-24(2)48-21-50-43(28)55/h6-7,10-14,19,21-22,33-34,37-42,46-47,58-61H,4-5,8-9,15-18,20H2,1-3H3/q-1/t33-,34-,37+,38+,39+,40+,41-,42-/m1/s1. The highest BCUT2D eigenvalue weighted by Gasteiger charge is 2.46. The van der Waals surface area contributed by atoms with Crippen LogP contribution in [0.25, 0.3) is 33.2 Å². The van der Waals surface area contributed by atoms with Crippen molar-refractivity contribution in [3.05, 3.63) is 112 Å². The second kappa shape index (κ2) is 15.8. The summed E-state index contributed by atoms with van der Waals surface area (Å²) in [6, 6.07) is 9.25. The van der Waals surface area contributed by atoms with Crippen LogP contribution in [0, 0.1) is 13.8 Å². The number of hydrogen-bond donors (Lipinski definition) is 6. The lowest BCUT2D eigenvalue weighted by molar-refractivity contribution is -0.0178. The number of nitrogens with zero attached hydrogens (tertiary/aromatic N) is 10. The van der Waals surface area contributed by atoms with Gasteiger partial charge in [0.05, 0.1) is 23.5 Å². The highest BCUT2D eigenvalue weighted by molar-refractivity contribution is 5.79. The molecule has 0 saturated heterocycles. The van der Waals surface area contributed by atoms with Gasteiger partial charge >= 0.3 is 0 Å². The van der Waals surface area contributed by atoms with Gasteiger partial charge < -0.3 is 60.1 Å². The van der Waals surface area contributed by atoms with Crippen LogP contribution in [0.1, 0.15) is 69.8 Å². The van der Waals surface area contributed by atoms with Crippen molar-refractivity contribution in [1.82, 2.24) is 54.8 Å². The molecule has 0 amide bonds. The van der Waals surface area contributed by atoms with Gasteiger partial charge in [0.2, 0.25) is 5.88 Å². The lowest BCUT2D eigenvalue weighted by atomic mass is 9.96. The monoisotopic (exact) mass is 855 g/mol. The van der Waals surface area contributed by atoms with E-state index in [0.29, 0.717) is 55.4 Å². The van der Waals surface area contributed by atoms with Gasteiger partial charge in [0, 0.05) is 90.8 Å². The van der Waals surface area contributed by atoms with E-state index < -0.39 is 48.7 Å². The summed E-state index contributed by atoms with van der Waals surface area (Å²) in [6.07, 6.45) is 5.42. The molecule has 11 rings (SSSR count). The third-order valence-corrected chi connectivity index (χ3v) is 13.7. The smallest absolute Gasteiger partial charge is 0.218 e. The fourth-order valence-electron chi connectivity index (χ4n) is 10.3. The Kier molecular flexibility index (Phi) is 10.1. The number of nitrogens with one attached hydrogen (secondary N) is 2. The van der Waals surface area contributed by atoms with Crippen molar-refractivity contribution < 1.29 is 29.9 Å². The van der Waals surface area contributed by atoms with Gasteiger partial charge in [-0.05, 0) is 81.2 Å². The third kappa shape index (κ3) is 6.87. The average Bonchev–Trinajstić information content (AvgIpc) is 4.11. The molecule has 0 bridgehead atoms. The normalized spacial score (nSPS) is 27.2. The fraction of sp³-hybridized carbons (Fsp3) is 0.444. The number of fused-ring (bicyclic) bond motifs is 4. The molecule has 8 atom stereocenters. The predicted molar refractivity (Wildman–Crippen MR) is 231 cm³/mol. The van der Waals surface area contributed by atoms with Gasteiger partial charge in [0.15, 0.2) is 0 Å². The van der Waals surface area contributed by atoms with Crippen molar-refractivity contribution in [2.75, 3.05) is 20.1 Å². The Morgan fingerprint density at radius 1 is 0.746 bits per heavy atom. The lowest BCUT2D eigenvalue weighted by Crippen LogP contribution is -2.35. The maximum atomic E-state index is 11.4. The van der Waals surface area contributed by atoms with E-state index in [0.717, 1.165) is 81.7 Å². The Morgan fingerprint density at radius 3 is 2.11 bits per heavy atom. The van der Waals surface area contributed by atoms with Gasteiger partial charge in [0.1, 0.15) is 66.3 Å². The van der Waals surface area contributed by atoms with Crippen molar-refractivity contribution in [1.29, 1.82) is 0 Å². The van der Waals surface area contributed by atoms with Gasteiger partial charge in [0.25, 0.3) is 0 Å². The number of aliphatic hydroxyl groups excluding tert-OH is 4. The van der Waals surface area contributed by atoms with Crippen LogP contribution in [0.2, 0.25) is 0 Å². The largest absolute Gasteiger partial charge is 0.605 e. The molecule has 0 unspecified atom stereocenters. The van der Waals surface area contributed by atoms with Crippen LogP contribution in [0.5, 0.6) is 11.6 Å². The lowest BCUT2D eigenvalue weighted by Gasteiger charge is -2.37. The topological polar surface area (TPSA) is 218 Å². The van der Waals surface area contributed by atoms with E-state index >= 15 is 0 Å². The summed E-state index contributed by atoms with van der Waals surface area (Å²) in [5.41, 5.74) is 14.8. The summed E-state index contributed by atoms with van der Waals surface area (Å²) in [6.45, 7) is 7.20. The number of ether oxygens (including phenoxy) is 2. The van der Waals surface area contributed by atoms with Crippen LogP contribution in [0.4, 0.5) is 0 Å². The Morgan fingerprint density at radius 2 is 1.38 bits per heavy atom. The minimum absolute atomic E-state index is 0.337. The van der Waals surface area contributed by atoms with Gasteiger partial charge in [-0.15, -0.1) is 6.20 Å². The van der Waals surface area contributed by atoms with Crippen molar-refractivity contribution in [2.24, 2.45) is 0 Å². The second-order valence-corrected chi connectivity index (χ2v) is 17.4. The number of benzene rings is 1. The molecule has 1 aromatic carbocycles. The molecule has 328 valence electrons. The molecule has 8 heterocycles. The van der Waals surface area contributed by atoms with Crippen LogP contribution >= 0.6 is 0 Å². The van der Waals surface area contributed by atoms with E-state index in [-0.39, 0.29) is 0 Å². The van der Waals surface area contributed by atoms with Crippen LogP contribution in [0.15, 0.2) is 61.6 Å². The number of hydrogen-bond acceptors (Lipinski definition) is 15. The van der Waals surface area contributed by atoms with Crippen LogP contribution in [-0.4, -0.2) is 121 Å². The third-order valence-electron chi connectivity index (χ3n) is 13.7. The van der Waals surface area contributed by atoms with Crippen LogP contribution in [-0.2, 0) is 32.5 Å². The zero-order valence-corrected chi connectivity index (χ0v) is 35.3. The van der Waals surface area contributed by atoms with E-state index in [4.69, 9.17) is 14.9 Å².